The Morgan fingerprint density at radius 1 is 1.12 bits per heavy atom. The van der Waals surface area contributed by atoms with E-state index in [1.165, 1.54) is 0 Å². The van der Waals surface area contributed by atoms with Crippen molar-refractivity contribution in [3.8, 4) is 11.3 Å². The van der Waals surface area contributed by atoms with Crippen molar-refractivity contribution < 1.29 is 9.59 Å². The molecule has 0 saturated carbocycles. The van der Waals surface area contributed by atoms with Crippen molar-refractivity contribution in [3.05, 3.63) is 76.7 Å². The normalized spacial score (nSPS) is 15.4. The monoisotopic (exact) mass is 494 g/mol. The van der Waals surface area contributed by atoms with E-state index in [1.807, 2.05) is 72.6 Å². The first-order chi connectivity index (χ1) is 15.5. The summed E-state index contributed by atoms with van der Waals surface area (Å²) < 4.78 is 0.947. The second kappa shape index (κ2) is 10.1. The predicted octanol–water partition coefficient (Wildman–Crippen LogP) is 4.96. The van der Waals surface area contributed by atoms with Gasteiger partial charge in [0, 0.05) is 29.0 Å². The summed E-state index contributed by atoms with van der Waals surface area (Å²) in [5, 5.41) is 3.16. The van der Waals surface area contributed by atoms with Gasteiger partial charge in [0.05, 0.1) is 17.9 Å². The zero-order chi connectivity index (χ0) is 22.5. The summed E-state index contributed by atoms with van der Waals surface area (Å²) in [6.45, 7) is 3.21. The lowest BCUT2D eigenvalue weighted by molar-refractivity contribution is -0.127. The number of hydrogen-bond acceptors (Lipinski definition) is 3. The number of likely N-dealkylation sites (tertiary alicyclic amines) is 1. The molecule has 1 aliphatic rings. The molecule has 6 nitrogen and oxygen atoms in total. The number of nitrogens with zero attached hydrogens (tertiary/aromatic N) is 2. The molecule has 166 valence electrons. The average molecular weight is 495 g/mol. The quantitative estimate of drug-likeness (QED) is 0.508. The number of carbonyl (C=O) groups excluding carboxylic acids is 2. The second-order valence-corrected chi connectivity index (χ2v) is 9.01. The molecule has 2 heterocycles. The number of piperidine rings is 1. The van der Waals surface area contributed by atoms with E-state index < -0.39 is 0 Å². The predicted molar refractivity (Wildman–Crippen MR) is 128 cm³/mol. The van der Waals surface area contributed by atoms with Crippen LogP contribution in [0.25, 0.3) is 11.3 Å². The fourth-order valence-corrected chi connectivity index (χ4v) is 4.32. The molecule has 1 atom stereocenters. The number of amides is 2. The number of imidazole rings is 1. The summed E-state index contributed by atoms with van der Waals surface area (Å²) in [6, 6.07) is 17.2. The molecule has 1 unspecified atom stereocenters. The van der Waals surface area contributed by atoms with Crippen molar-refractivity contribution in [1.29, 1.82) is 0 Å². The Kier molecular flexibility index (Phi) is 7.05. The zero-order valence-electron chi connectivity index (χ0n) is 18.1. The van der Waals surface area contributed by atoms with Gasteiger partial charge in [-0.1, -0.05) is 53.2 Å². The first kappa shape index (κ1) is 22.3. The van der Waals surface area contributed by atoms with Gasteiger partial charge in [0.15, 0.2) is 0 Å². The molecule has 1 aromatic heterocycles. The van der Waals surface area contributed by atoms with Gasteiger partial charge in [-0.15, -0.1) is 0 Å². The summed E-state index contributed by atoms with van der Waals surface area (Å²) in [4.78, 5) is 35.4. The molecule has 0 bridgehead atoms. The summed E-state index contributed by atoms with van der Waals surface area (Å²) >= 11 is 3.39. The maximum Gasteiger partial charge on any atom is 0.253 e. The van der Waals surface area contributed by atoms with Crippen molar-refractivity contribution >= 4 is 27.7 Å². The third kappa shape index (κ3) is 5.10. The standard InChI is InChI=1S/C25H27BrN4O2/c1-2-21(23-27-16-22(28-23)17-6-4-3-5-7-17)29-24(31)18-12-14-30(15-13-18)25(32)19-8-10-20(26)11-9-19/h3-11,16,18,21H,2,12-15H2,1H3,(H,27,28)(H,29,31). The van der Waals surface area contributed by atoms with E-state index in [0.29, 0.717) is 31.5 Å². The molecule has 4 rings (SSSR count). The lowest BCUT2D eigenvalue weighted by Gasteiger charge is -2.32. The average Bonchev–Trinajstić information content (AvgIpc) is 3.33. The highest BCUT2D eigenvalue weighted by Crippen LogP contribution is 2.24. The SMILES string of the molecule is CCC(NC(=O)C1CCN(C(=O)c2ccc(Br)cc2)CC1)c1ncc(-c2ccccc2)[nH]1. The van der Waals surface area contributed by atoms with Gasteiger partial charge < -0.3 is 15.2 Å². The van der Waals surface area contributed by atoms with Gasteiger partial charge in [0.2, 0.25) is 5.91 Å². The number of aromatic nitrogens is 2. The molecule has 2 N–H and O–H groups in total. The minimum Gasteiger partial charge on any atom is -0.346 e. The summed E-state index contributed by atoms with van der Waals surface area (Å²) in [5.41, 5.74) is 2.68. The minimum absolute atomic E-state index is 0.0202. The Labute approximate surface area is 196 Å². The van der Waals surface area contributed by atoms with Crippen LogP contribution < -0.4 is 5.32 Å². The van der Waals surface area contributed by atoms with Crippen LogP contribution in [0.4, 0.5) is 0 Å². The summed E-state index contributed by atoms with van der Waals surface area (Å²) in [7, 11) is 0. The van der Waals surface area contributed by atoms with Crippen LogP contribution in [-0.2, 0) is 4.79 Å². The van der Waals surface area contributed by atoms with Gasteiger partial charge >= 0.3 is 0 Å². The lowest BCUT2D eigenvalue weighted by Crippen LogP contribution is -2.43. The highest BCUT2D eigenvalue weighted by atomic mass is 79.9. The number of benzene rings is 2. The van der Waals surface area contributed by atoms with Crippen LogP contribution in [0.3, 0.4) is 0 Å². The smallest absolute Gasteiger partial charge is 0.253 e. The molecular formula is C25H27BrN4O2. The Bertz CT molecular complexity index is 1060. The molecule has 3 aromatic rings. The number of nitrogens with one attached hydrogen (secondary N) is 2. The van der Waals surface area contributed by atoms with E-state index in [9.17, 15) is 9.59 Å². The third-order valence-corrected chi connectivity index (χ3v) is 6.51. The Balaban J connectivity index is 1.33. The van der Waals surface area contributed by atoms with Gasteiger partial charge in [-0.3, -0.25) is 9.59 Å². The molecule has 32 heavy (non-hydrogen) atoms. The number of H-pyrrole nitrogens is 1. The first-order valence-electron chi connectivity index (χ1n) is 11.0. The summed E-state index contributed by atoms with van der Waals surface area (Å²) in [6.07, 6.45) is 3.88. The van der Waals surface area contributed by atoms with Crippen LogP contribution in [0.1, 0.15) is 48.4 Å². The van der Waals surface area contributed by atoms with Gasteiger partial charge in [-0.2, -0.15) is 0 Å². The number of hydrogen-bond donors (Lipinski definition) is 2. The molecule has 0 radical (unpaired) electrons. The molecule has 1 fully saturated rings. The van der Waals surface area contributed by atoms with E-state index >= 15 is 0 Å². The molecule has 1 saturated heterocycles. The van der Waals surface area contributed by atoms with Gasteiger partial charge in [0.1, 0.15) is 5.82 Å². The van der Waals surface area contributed by atoms with Crippen LogP contribution in [0.5, 0.6) is 0 Å². The van der Waals surface area contributed by atoms with E-state index in [2.05, 4.69) is 31.2 Å². The van der Waals surface area contributed by atoms with E-state index in [0.717, 1.165) is 28.0 Å². The minimum atomic E-state index is -0.164. The van der Waals surface area contributed by atoms with Crippen molar-refractivity contribution in [2.24, 2.45) is 5.92 Å². The van der Waals surface area contributed by atoms with E-state index in [4.69, 9.17) is 0 Å². The fourth-order valence-electron chi connectivity index (χ4n) is 4.05. The topological polar surface area (TPSA) is 78.1 Å². The number of carbonyl (C=O) groups is 2. The third-order valence-electron chi connectivity index (χ3n) is 5.98. The number of aromatic amines is 1. The van der Waals surface area contributed by atoms with E-state index in [1.54, 1.807) is 0 Å². The van der Waals surface area contributed by atoms with Crippen molar-refractivity contribution in [2.75, 3.05) is 13.1 Å². The second-order valence-electron chi connectivity index (χ2n) is 8.09. The largest absolute Gasteiger partial charge is 0.346 e. The van der Waals surface area contributed by atoms with Crippen molar-refractivity contribution in [1.82, 2.24) is 20.2 Å². The maximum atomic E-state index is 12.9. The van der Waals surface area contributed by atoms with Gasteiger partial charge in [-0.25, -0.2) is 4.98 Å². The molecule has 0 spiro atoms. The van der Waals surface area contributed by atoms with Gasteiger partial charge in [0.25, 0.3) is 5.91 Å². The molecule has 0 aliphatic carbocycles. The molecule has 2 amide bonds. The number of halogens is 1. The fraction of sp³-hybridized carbons (Fsp3) is 0.320. The summed E-state index contributed by atoms with van der Waals surface area (Å²) in [5.74, 6) is 0.723. The van der Waals surface area contributed by atoms with Crippen LogP contribution in [0.15, 0.2) is 65.3 Å². The van der Waals surface area contributed by atoms with Crippen molar-refractivity contribution in [3.63, 3.8) is 0 Å². The molecule has 1 aliphatic heterocycles. The highest BCUT2D eigenvalue weighted by Gasteiger charge is 2.29. The molecular weight excluding hydrogens is 468 g/mol. The molecule has 7 heteroatoms. The molecule has 2 aromatic carbocycles. The van der Waals surface area contributed by atoms with Gasteiger partial charge in [-0.05, 0) is 49.1 Å². The lowest BCUT2D eigenvalue weighted by atomic mass is 9.95. The van der Waals surface area contributed by atoms with Crippen LogP contribution >= 0.6 is 15.9 Å². The van der Waals surface area contributed by atoms with Crippen molar-refractivity contribution in [2.45, 2.75) is 32.2 Å². The van der Waals surface area contributed by atoms with E-state index in [-0.39, 0.29) is 23.8 Å². The zero-order valence-corrected chi connectivity index (χ0v) is 19.6. The first-order valence-corrected chi connectivity index (χ1v) is 11.8. The Morgan fingerprint density at radius 3 is 2.47 bits per heavy atom. The maximum absolute atomic E-state index is 12.9. The van der Waals surface area contributed by atoms with Crippen LogP contribution in [0.2, 0.25) is 0 Å². The van der Waals surface area contributed by atoms with Crippen LogP contribution in [-0.4, -0.2) is 39.8 Å². The Hall–Kier alpha value is -2.93. The Morgan fingerprint density at radius 2 is 1.81 bits per heavy atom. The highest BCUT2D eigenvalue weighted by molar-refractivity contribution is 9.10. The number of rotatable bonds is 6. The van der Waals surface area contributed by atoms with Crippen LogP contribution in [0, 0.1) is 5.92 Å².